The third-order valence-corrected chi connectivity index (χ3v) is 7.84. The Kier molecular flexibility index (Phi) is 20.4. The van der Waals surface area contributed by atoms with Crippen LogP contribution in [0, 0.1) is 18.8 Å². The van der Waals surface area contributed by atoms with Crippen molar-refractivity contribution in [3.05, 3.63) is 84.7 Å². The first-order valence-corrected chi connectivity index (χ1v) is 17.4. The van der Waals surface area contributed by atoms with Gasteiger partial charge in [0.25, 0.3) is 6.47 Å². The second-order valence-electron chi connectivity index (χ2n) is 13.8. The SMILES string of the molecule is CC(C)(C)OC=O.CC1CCC(C)CC1.CCC(NC)C(C)=O.Cc1nc(N(C)C)c2ccccc2n1.c1ccc(Cn2ccnc2)cc1. The van der Waals surface area contributed by atoms with E-state index < -0.39 is 0 Å². The summed E-state index contributed by atoms with van der Waals surface area (Å²) in [6.07, 6.45) is 12.4. The van der Waals surface area contributed by atoms with Crippen LogP contribution >= 0.6 is 0 Å². The van der Waals surface area contributed by atoms with Crippen LogP contribution in [0.5, 0.6) is 0 Å². The van der Waals surface area contributed by atoms with Crippen molar-refractivity contribution in [1.29, 1.82) is 0 Å². The second-order valence-corrected chi connectivity index (χ2v) is 13.8. The maximum Gasteiger partial charge on any atom is 0.293 e. The van der Waals surface area contributed by atoms with Gasteiger partial charge in [0.15, 0.2) is 0 Å². The van der Waals surface area contributed by atoms with Crippen LogP contribution < -0.4 is 10.2 Å². The predicted molar refractivity (Wildman–Crippen MR) is 204 cm³/mol. The number of anilines is 1. The number of benzene rings is 2. The van der Waals surface area contributed by atoms with Gasteiger partial charge < -0.3 is 19.5 Å². The summed E-state index contributed by atoms with van der Waals surface area (Å²) in [6, 6.07) is 18.5. The lowest BCUT2D eigenvalue weighted by Gasteiger charge is -2.22. The number of rotatable bonds is 7. The minimum atomic E-state index is -0.318. The first kappa shape index (κ1) is 42.9. The van der Waals surface area contributed by atoms with Crippen molar-refractivity contribution in [2.75, 3.05) is 26.0 Å². The summed E-state index contributed by atoms with van der Waals surface area (Å²) < 4.78 is 6.60. The number of aryl methyl sites for hydroxylation is 1. The zero-order chi connectivity index (χ0) is 36.8. The highest BCUT2D eigenvalue weighted by Gasteiger charge is 2.13. The van der Waals surface area contributed by atoms with E-state index in [2.05, 4.69) is 55.6 Å². The molecule has 1 aliphatic rings. The van der Waals surface area contributed by atoms with Gasteiger partial charge >= 0.3 is 0 Å². The number of Topliss-reactive ketones (excluding diaryl/α,β-unsaturated/α-hetero) is 1. The van der Waals surface area contributed by atoms with Crippen molar-refractivity contribution in [3.8, 4) is 0 Å². The smallest absolute Gasteiger partial charge is 0.293 e. The predicted octanol–water partition coefficient (Wildman–Crippen LogP) is 8.30. The minimum absolute atomic E-state index is 0.0648. The average Bonchev–Trinajstić information content (AvgIpc) is 3.57. The molecule has 1 N–H and O–H groups in total. The van der Waals surface area contributed by atoms with Crippen LogP contribution in [0.4, 0.5) is 5.82 Å². The van der Waals surface area contributed by atoms with Crippen molar-refractivity contribution >= 4 is 29.0 Å². The van der Waals surface area contributed by atoms with Crippen LogP contribution in [0.2, 0.25) is 0 Å². The second kappa shape index (κ2) is 23.3. The lowest BCUT2D eigenvalue weighted by atomic mass is 9.84. The van der Waals surface area contributed by atoms with Gasteiger partial charge in [0, 0.05) is 38.4 Å². The van der Waals surface area contributed by atoms with Gasteiger partial charge in [-0.3, -0.25) is 9.59 Å². The maximum absolute atomic E-state index is 10.5. The van der Waals surface area contributed by atoms with Gasteiger partial charge in [-0.1, -0.05) is 88.9 Å². The molecule has 1 unspecified atom stereocenters. The van der Waals surface area contributed by atoms with Gasteiger partial charge in [0.2, 0.25) is 0 Å². The van der Waals surface area contributed by atoms with E-state index >= 15 is 0 Å². The molecule has 4 aromatic rings. The molecule has 9 heteroatoms. The molecule has 0 amide bonds. The first-order chi connectivity index (χ1) is 23.2. The number of nitrogens with one attached hydrogen (secondary N) is 1. The molecule has 1 atom stereocenters. The normalized spacial score (nSPS) is 15.7. The Bertz CT molecular complexity index is 1430. The highest BCUT2D eigenvalue weighted by Crippen LogP contribution is 2.27. The number of nitrogens with zero attached hydrogens (tertiary/aromatic N) is 5. The number of imidazole rings is 1. The Morgan fingerprint density at radius 1 is 1.00 bits per heavy atom. The number of ether oxygens (including phenoxy) is 1. The van der Waals surface area contributed by atoms with Crippen molar-refractivity contribution in [2.24, 2.45) is 11.8 Å². The number of para-hydroxylation sites is 1. The van der Waals surface area contributed by atoms with E-state index in [1.807, 2.05) is 109 Å². The van der Waals surface area contributed by atoms with Gasteiger partial charge in [-0.15, -0.1) is 0 Å². The Hall–Kier alpha value is -4.11. The largest absolute Gasteiger partial charge is 0.462 e. The molecule has 0 bridgehead atoms. The fourth-order valence-electron chi connectivity index (χ4n) is 4.95. The molecule has 2 aromatic heterocycles. The molecule has 2 heterocycles. The van der Waals surface area contributed by atoms with E-state index in [0.29, 0.717) is 6.47 Å². The number of fused-ring (bicyclic) bond motifs is 1. The van der Waals surface area contributed by atoms with Gasteiger partial charge in [0.1, 0.15) is 23.0 Å². The number of carbonyl (C=O) groups excluding carboxylic acids is 2. The number of likely N-dealkylation sites (N-methyl/N-ethyl adjacent to an activating group) is 1. The average molecular weight is 675 g/mol. The number of hydrogen-bond donors (Lipinski definition) is 1. The molecule has 9 nitrogen and oxygen atoms in total. The molecule has 0 radical (unpaired) electrons. The highest BCUT2D eigenvalue weighted by molar-refractivity contribution is 5.89. The van der Waals surface area contributed by atoms with E-state index in [4.69, 9.17) is 0 Å². The first-order valence-electron chi connectivity index (χ1n) is 17.4. The summed E-state index contributed by atoms with van der Waals surface area (Å²) in [5.74, 6) is 4.05. The molecule has 270 valence electrons. The monoisotopic (exact) mass is 674 g/mol. The molecular formula is C40H62N6O3. The molecule has 0 spiro atoms. The maximum atomic E-state index is 10.5. The van der Waals surface area contributed by atoms with Crippen molar-refractivity contribution in [1.82, 2.24) is 24.8 Å². The fourth-order valence-corrected chi connectivity index (χ4v) is 4.95. The number of aromatic nitrogens is 4. The van der Waals surface area contributed by atoms with Crippen molar-refractivity contribution in [2.45, 2.75) is 106 Å². The zero-order valence-electron chi connectivity index (χ0n) is 31.9. The number of hydrogen-bond acceptors (Lipinski definition) is 8. The van der Waals surface area contributed by atoms with Crippen LogP contribution in [0.25, 0.3) is 10.9 Å². The molecule has 0 saturated heterocycles. The quantitative estimate of drug-likeness (QED) is 0.195. The molecular weight excluding hydrogens is 612 g/mol. The minimum Gasteiger partial charge on any atom is -0.462 e. The Morgan fingerprint density at radius 3 is 1.98 bits per heavy atom. The molecule has 1 aliphatic carbocycles. The summed E-state index contributed by atoms with van der Waals surface area (Å²) in [4.78, 5) is 34.9. The Balaban J connectivity index is 0.000000316. The van der Waals surface area contributed by atoms with Crippen LogP contribution in [-0.4, -0.2) is 64.6 Å². The summed E-state index contributed by atoms with van der Waals surface area (Å²) in [5.41, 5.74) is 1.99. The summed E-state index contributed by atoms with van der Waals surface area (Å²) >= 11 is 0. The standard InChI is InChI=1S/C11H13N3.C10H10N2.C8H16.C6H13NO.C5H10O2/c1-8-12-10-7-5-4-6-9(10)11(13-8)14(2)3;1-2-4-10(5-3-1)8-12-7-6-11-9-12;1-7-3-5-8(2)6-4-7;1-4-6(7-3)5(2)8;1-5(2,3)7-4-6/h4-7H,1-3H3;1-7,9H,8H2;7-8H,3-6H2,1-2H3;6-7H,4H2,1-3H3;4H,1-3H3. The van der Waals surface area contributed by atoms with Crippen molar-refractivity contribution in [3.63, 3.8) is 0 Å². The van der Waals surface area contributed by atoms with Gasteiger partial charge in [-0.05, 0) is 77.6 Å². The summed E-state index contributed by atoms with van der Waals surface area (Å²) in [6.45, 7) is 17.1. The van der Waals surface area contributed by atoms with Crippen LogP contribution in [0.1, 0.15) is 92.0 Å². The molecule has 0 aliphatic heterocycles. The lowest BCUT2D eigenvalue weighted by molar-refractivity contribution is -0.138. The molecule has 5 rings (SSSR count). The van der Waals surface area contributed by atoms with E-state index in [1.165, 1.54) is 31.2 Å². The van der Waals surface area contributed by atoms with Crippen LogP contribution in [0.3, 0.4) is 0 Å². The Labute approximate surface area is 295 Å². The van der Waals surface area contributed by atoms with Crippen LogP contribution in [0.15, 0.2) is 73.3 Å². The molecule has 1 saturated carbocycles. The van der Waals surface area contributed by atoms with Gasteiger partial charge in [-0.25, -0.2) is 15.0 Å². The fraction of sp³-hybridized carbons (Fsp3) is 0.525. The van der Waals surface area contributed by atoms with E-state index in [1.54, 1.807) is 20.2 Å². The van der Waals surface area contributed by atoms with Gasteiger partial charge in [0.05, 0.1) is 17.9 Å². The number of ketones is 1. The van der Waals surface area contributed by atoms with E-state index in [9.17, 15) is 9.59 Å². The molecule has 49 heavy (non-hydrogen) atoms. The topological polar surface area (TPSA) is 102 Å². The van der Waals surface area contributed by atoms with Gasteiger partial charge in [-0.2, -0.15) is 0 Å². The van der Waals surface area contributed by atoms with Crippen molar-refractivity contribution < 1.29 is 14.3 Å². The summed E-state index contributed by atoms with van der Waals surface area (Å²) in [7, 11) is 5.79. The lowest BCUT2D eigenvalue weighted by Crippen LogP contribution is -2.31. The summed E-state index contributed by atoms with van der Waals surface area (Å²) in [5, 5.41) is 4.00. The third-order valence-electron chi connectivity index (χ3n) is 7.84. The molecule has 2 aromatic carbocycles. The van der Waals surface area contributed by atoms with Crippen LogP contribution in [-0.2, 0) is 20.9 Å². The van der Waals surface area contributed by atoms with E-state index in [0.717, 1.165) is 47.3 Å². The highest BCUT2D eigenvalue weighted by atomic mass is 16.5. The third kappa shape index (κ3) is 18.9. The number of carbonyl (C=O) groups is 2. The zero-order valence-corrected chi connectivity index (χ0v) is 31.9. The Morgan fingerprint density at radius 2 is 1.57 bits per heavy atom. The molecule has 1 fully saturated rings. The van der Waals surface area contributed by atoms with E-state index in [-0.39, 0.29) is 17.4 Å².